The first-order valence-corrected chi connectivity index (χ1v) is 9.51. The Labute approximate surface area is 140 Å². The molecular formula is C21H30O2. The molecule has 0 amide bonds. The highest BCUT2D eigenvalue weighted by Gasteiger charge is 2.62. The van der Waals surface area contributed by atoms with Gasteiger partial charge in [-0.15, -0.1) is 0 Å². The first kappa shape index (κ1) is 15.6. The molecule has 0 aromatic heterocycles. The van der Waals surface area contributed by atoms with Gasteiger partial charge in [0.2, 0.25) is 0 Å². The van der Waals surface area contributed by atoms with Crippen LogP contribution in [0.4, 0.5) is 0 Å². The van der Waals surface area contributed by atoms with E-state index in [1.807, 2.05) is 6.08 Å². The first-order chi connectivity index (χ1) is 10.8. The van der Waals surface area contributed by atoms with Crippen LogP contribution in [0, 0.1) is 28.6 Å². The lowest BCUT2D eigenvalue weighted by Gasteiger charge is -2.58. The molecule has 0 radical (unpaired) electrons. The number of hydrogen-bond donors (Lipinski definition) is 1. The largest absolute Gasteiger partial charge is 0.389 e. The molecule has 4 aliphatic carbocycles. The van der Waals surface area contributed by atoms with E-state index in [-0.39, 0.29) is 16.6 Å². The predicted molar refractivity (Wildman–Crippen MR) is 91.9 cm³/mol. The lowest BCUT2D eigenvalue weighted by Crippen LogP contribution is -2.54. The zero-order valence-corrected chi connectivity index (χ0v) is 14.8. The second-order valence-electron chi connectivity index (χ2n) is 8.98. The summed E-state index contributed by atoms with van der Waals surface area (Å²) in [5, 5.41) is 11.2. The van der Waals surface area contributed by atoms with E-state index in [1.54, 1.807) is 6.08 Å². The van der Waals surface area contributed by atoms with Crippen molar-refractivity contribution in [1.29, 1.82) is 0 Å². The predicted octanol–water partition coefficient (Wildman–Crippen LogP) is 4.44. The number of carbonyl (C=O) groups is 1. The normalized spacial score (nSPS) is 51.7. The summed E-state index contributed by atoms with van der Waals surface area (Å²) < 4.78 is 0. The van der Waals surface area contributed by atoms with Gasteiger partial charge in [0, 0.05) is 5.41 Å². The Kier molecular flexibility index (Phi) is 3.27. The molecule has 0 aromatic carbocycles. The molecule has 0 aliphatic heterocycles. The molecule has 1 N–H and O–H groups in total. The molecule has 0 saturated heterocycles. The number of aliphatic hydroxyl groups is 1. The average Bonchev–Trinajstić information content (AvgIpc) is 2.80. The van der Waals surface area contributed by atoms with Gasteiger partial charge in [-0.3, -0.25) is 4.79 Å². The molecule has 0 heterocycles. The van der Waals surface area contributed by atoms with Crippen molar-refractivity contribution in [2.24, 2.45) is 28.6 Å². The molecule has 3 saturated carbocycles. The highest BCUT2D eigenvalue weighted by molar-refractivity contribution is 6.01. The summed E-state index contributed by atoms with van der Waals surface area (Å²) in [4.78, 5) is 11.8. The van der Waals surface area contributed by atoms with E-state index in [2.05, 4.69) is 26.8 Å². The topological polar surface area (TPSA) is 37.3 Å². The van der Waals surface area contributed by atoms with Crippen molar-refractivity contribution in [3.63, 3.8) is 0 Å². The van der Waals surface area contributed by atoms with Crippen molar-refractivity contribution < 1.29 is 9.90 Å². The molecule has 0 unspecified atom stereocenters. The fourth-order valence-electron chi connectivity index (χ4n) is 6.89. The lowest BCUT2D eigenvalue weighted by molar-refractivity contribution is -0.123. The fourth-order valence-corrected chi connectivity index (χ4v) is 6.89. The number of allylic oxidation sites excluding steroid dienone is 4. The third-order valence-corrected chi connectivity index (χ3v) is 8.46. The van der Waals surface area contributed by atoms with Crippen molar-refractivity contribution in [2.45, 2.75) is 71.3 Å². The minimum absolute atomic E-state index is 0.0745. The lowest BCUT2D eigenvalue weighted by atomic mass is 9.47. The van der Waals surface area contributed by atoms with Crippen LogP contribution in [0.15, 0.2) is 23.8 Å². The van der Waals surface area contributed by atoms with E-state index in [0.717, 1.165) is 25.7 Å². The molecule has 2 heteroatoms. The maximum atomic E-state index is 11.8. The molecule has 3 fully saturated rings. The van der Waals surface area contributed by atoms with Crippen LogP contribution >= 0.6 is 0 Å². The summed E-state index contributed by atoms with van der Waals surface area (Å²) in [5.41, 5.74) is 1.07. The number of carbonyl (C=O) groups excluding carboxylic acids is 1. The molecule has 0 aromatic rings. The van der Waals surface area contributed by atoms with E-state index < -0.39 is 5.60 Å². The summed E-state index contributed by atoms with van der Waals surface area (Å²) in [6, 6.07) is 0. The zero-order chi connectivity index (χ0) is 16.5. The molecule has 4 rings (SSSR count). The van der Waals surface area contributed by atoms with Gasteiger partial charge < -0.3 is 5.11 Å². The van der Waals surface area contributed by atoms with Gasteiger partial charge in [-0.1, -0.05) is 32.4 Å². The van der Waals surface area contributed by atoms with Crippen LogP contribution < -0.4 is 0 Å². The van der Waals surface area contributed by atoms with Crippen LogP contribution in [0.5, 0.6) is 0 Å². The van der Waals surface area contributed by atoms with Gasteiger partial charge >= 0.3 is 0 Å². The van der Waals surface area contributed by atoms with Gasteiger partial charge in [-0.05, 0) is 80.3 Å². The Morgan fingerprint density at radius 1 is 1.17 bits per heavy atom. The molecule has 0 bridgehead atoms. The Morgan fingerprint density at radius 2 is 1.91 bits per heavy atom. The first-order valence-electron chi connectivity index (χ1n) is 9.51. The fraction of sp³-hybridized carbons (Fsp3) is 0.762. The number of fused-ring (bicyclic) bond motifs is 5. The van der Waals surface area contributed by atoms with Crippen molar-refractivity contribution in [1.82, 2.24) is 0 Å². The summed E-state index contributed by atoms with van der Waals surface area (Å²) in [6.45, 7) is 6.86. The Morgan fingerprint density at radius 3 is 2.65 bits per heavy atom. The summed E-state index contributed by atoms with van der Waals surface area (Å²) in [6.07, 6.45) is 13.5. The van der Waals surface area contributed by atoms with Gasteiger partial charge in [0.15, 0.2) is 5.78 Å². The number of rotatable bonds is 1. The maximum absolute atomic E-state index is 11.8. The van der Waals surface area contributed by atoms with E-state index in [1.165, 1.54) is 24.8 Å². The standard InChI is InChI=1S/C21H30O2/c1-4-21(23)12-9-18-16-6-5-14-13-15(22)7-10-19(14,2)17(16)8-11-20(18,21)3/h7,10,13,16-18,23H,4-6,8-9,11-12H2,1-3H3/t16-,17+,18+,19+,20+,21-/m1/s1. The van der Waals surface area contributed by atoms with Gasteiger partial charge in [0.05, 0.1) is 5.60 Å². The summed E-state index contributed by atoms with van der Waals surface area (Å²) >= 11 is 0. The van der Waals surface area contributed by atoms with Crippen molar-refractivity contribution in [3.05, 3.63) is 23.8 Å². The molecule has 6 atom stereocenters. The molecule has 0 spiro atoms. The molecule has 4 aliphatic rings. The Bertz CT molecular complexity index is 603. The Hall–Kier alpha value is -0.890. The highest BCUT2D eigenvalue weighted by atomic mass is 16.3. The van der Waals surface area contributed by atoms with Gasteiger partial charge in [0.1, 0.15) is 0 Å². The second kappa shape index (κ2) is 4.81. The van der Waals surface area contributed by atoms with Crippen LogP contribution in [0.3, 0.4) is 0 Å². The molecule has 2 nitrogen and oxygen atoms in total. The smallest absolute Gasteiger partial charge is 0.178 e. The molecule has 126 valence electrons. The van der Waals surface area contributed by atoms with Gasteiger partial charge in [0.25, 0.3) is 0 Å². The SMILES string of the molecule is CC[C@@]1(O)CC[C@H]2[C@@H]3CCC4=CC(=O)C=C[C@]4(C)[C@H]3CC[C@@]21C. The van der Waals surface area contributed by atoms with Gasteiger partial charge in [-0.2, -0.15) is 0 Å². The van der Waals surface area contributed by atoms with Gasteiger partial charge in [-0.25, -0.2) is 0 Å². The number of hydrogen-bond acceptors (Lipinski definition) is 2. The van der Waals surface area contributed by atoms with Crippen LogP contribution in [0.1, 0.15) is 65.7 Å². The van der Waals surface area contributed by atoms with Crippen LogP contribution in [0.2, 0.25) is 0 Å². The Balaban J connectivity index is 1.70. The van der Waals surface area contributed by atoms with Crippen molar-refractivity contribution in [3.8, 4) is 0 Å². The van der Waals surface area contributed by atoms with E-state index in [0.29, 0.717) is 17.8 Å². The van der Waals surface area contributed by atoms with Crippen molar-refractivity contribution in [2.75, 3.05) is 0 Å². The van der Waals surface area contributed by atoms with Crippen LogP contribution in [-0.4, -0.2) is 16.5 Å². The van der Waals surface area contributed by atoms with Crippen molar-refractivity contribution >= 4 is 5.78 Å². The summed E-state index contributed by atoms with van der Waals surface area (Å²) in [5.74, 6) is 2.16. The molecular weight excluding hydrogens is 284 g/mol. The molecule has 23 heavy (non-hydrogen) atoms. The maximum Gasteiger partial charge on any atom is 0.178 e. The zero-order valence-electron chi connectivity index (χ0n) is 14.8. The van der Waals surface area contributed by atoms with E-state index >= 15 is 0 Å². The third-order valence-electron chi connectivity index (χ3n) is 8.46. The highest BCUT2D eigenvalue weighted by Crippen LogP contribution is 2.67. The van der Waals surface area contributed by atoms with E-state index in [9.17, 15) is 9.90 Å². The third kappa shape index (κ3) is 1.88. The quantitative estimate of drug-likeness (QED) is 0.777. The minimum atomic E-state index is -0.460. The number of ketones is 1. The average molecular weight is 314 g/mol. The monoisotopic (exact) mass is 314 g/mol. The van der Waals surface area contributed by atoms with Crippen LogP contribution in [-0.2, 0) is 4.79 Å². The van der Waals surface area contributed by atoms with E-state index in [4.69, 9.17) is 0 Å². The summed E-state index contributed by atoms with van der Waals surface area (Å²) in [7, 11) is 0. The minimum Gasteiger partial charge on any atom is -0.389 e. The second-order valence-corrected chi connectivity index (χ2v) is 8.98. The van der Waals surface area contributed by atoms with Crippen LogP contribution in [0.25, 0.3) is 0 Å².